The summed E-state index contributed by atoms with van der Waals surface area (Å²) in [6, 6.07) is 0. The molecule has 3 rings (SSSR count). The van der Waals surface area contributed by atoms with Gasteiger partial charge in [0, 0.05) is 19.2 Å². The Morgan fingerprint density at radius 3 is 2.90 bits per heavy atom. The van der Waals surface area contributed by atoms with Crippen LogP contribution >= 0.6 is 0 Å². The molecule has 0 N–H and O–H groups in total. The Balaban J connectivity index is 1.89. The zero-order valence-electron chi connectivity index (χ0n) is 12.0. The predicted molar refractivity (Wildman–Crippen MR) is 70.9 cm³/mol. The molecule has 1 aliphatic carbocycles. The Kier molecular flexibility index (Phi) is 2.93. The molecule has 2 atom stereocenters. The molecular formula is C13H17N5O2. The van der Waals surface area contributed by atoms with Crippen molar-refractivity contribution in [2.75, 3.05) is 14.2 Å². The summed E-state index contributed by atoms with van der Waals surface area (Å²) in [6.45, 7) is 3.84. The van der Waals surface area contributed by atoms with Gasteiger partial charge in [0.25, 0.3) is 0 Å². The van der Waals surface area contributed by atoms with Crippen molar-refractivity contribution in [2.24, 2.45) is 5.92 Å². The molecule has 1 aliphatic rings. The Bertz CT molecular complexity index is 642. The lowest BCUT2D eigenvalue weighted by molar-refractivity contribution is -0.170. The molecule has 2 heterocycles. The fourth-order valence-corrected chi connectivity index (χ4v) is 2.34. The number of aromatic nitrogens is 4. The third kappa shape index (κ3) is 1.94. The second kappa shape index (κ2) is 4.52. The van der Waals surface area contributed by atoms with Crippen LogP contribution in [0.2, 0.25) is 0 Å². The molecular weight excluding hydrogens is 258 g/mol. The first kappa shape index (κ1) is 13.0. The van der Waals surface area contributed by atoms with Gasteiger partial charge in [0.05, 0.1) is 24.4 Å². The van der Waals surface area contributed by atoms with Crippen LogP contribution in [0.3, 0.4) is 0 Å². The van der Waals surface area contributed by atoms with Gasteiger partial charge in [-0.3, -0.25) is 14.6 Å². The van der Waals surface area contributed by atoms with Crippen LogP contribution in [0.4, 0.5) is 0 Å². The maximum Gasteiger partial charge on any atom is 0.249 e. The summed E-state index contributed by atoms with van der Waals surface area (Å²) >= 11 is 0. The molecule has 106 valence electrons. The molecule has 20 heavy (non-hydrogen) atoms. The van der Waals surface area contributed by atoms with E-state index in [0.29, 0.717) is 5.82 Å². The van der Waals surface area contributed by atoms with Crippen LogP contribution in [0.1, 0.15) is 29.6 Å². The fourth-order valence-electron chi connectivity index (χ4n) is 2.34. The first-order valence-corrected chi connectivity index (χ1v) is 6.53. The van der Waals surface area contributed by atoms with Crippen molar-refractivity contribution in [1.82, 2.24) is 24.6 Å². The number of amides is 1. The minimum atomic E-state index is -0.0778. The van der Waals surface area contributed by atoms with Crippen LogP contribution in [-0.2, 0) is 9.63 Å². The van der Waals surface area contributed by atoms with E-state index in [1.807, 2.05) is 13.8 Å². The van der Waals surface area contributed by atoms with E-state index < -0.39 is 0 Å². The normalized spacial score (nSPS) is 21.2. The standard InChI is InChI=1S/C13H17N5O2/c1-7-6-14-8(2)12-15-11(16-18(7)12)9-5-10(9)13(19)17(3)20-4/h6,9-10H,5H2,1-4H3. The van der Waals surface area contributed by atoms with Crippen molar-refractivity contribution < 1.29 is 9.63 Å². The van der Waals surface area contributed by atoms with E-state index in [1.54, 1.807) is 17.8 Å². The minimum Gasteiger partial charge on any atom is -0.275 e. The van der Waals surface area contributed by atoms with Crippen molar-refractivity contribution >= 4 is 11.6 Å². The first-order chi connectivity index (χ1) is 9.52. The summed E-state index contributed by atoms with van der Waals surface area (Å²) in [5, 5.41) is 5.77. The number of hydrogen-bond donors (Lipinski definition) is 0. The molecule has 0 radical (unpaired) electrons. The van der Waals surface area contributed by atoms with E-state index in [4.69, 9.17) is 4.84 Å². The molecule has 2 aromatic rings. The van der Waals surface area contributed by atoms with Gasteiger partial charge in [0.15, 0.2) is 11.5 Å². The fraction of sp³-hybridized carbons (Fsp3) is 0.538. The van der Waals surface area contributed by atoms with Gasteiger partial charge in [-0.15, -0.1) is 0 Å². The molecule has 7 nitrogen and oxygen atoms in total. The average Bonchev–Trinajstić information content (AvgIpc) is 3.11. The topological polar surface area (TPSA) is 72.6 Å². The number of carbonyl (C=O) groups is 1. The van der Waals surface area contributed by atoms with Gasteiger partial charge < -0.3 is 0 Å². The molecule has 0 spiro atoms. The maximum atomic E-state index is 12.0. The summed E-state index contributed by atoms with van der Waals surface area (Å²) in [4.78, 5) is 25.7. The third-order valence-corrected chi connectivity index (χ3v) is 3.75. The van der Waals surface area contributed by atoms with Gasteiger partial charge in [-0.25, -0.2) is 14.6 Å². The minimum absolute atomic E-state index is 0.0251. The Morgan fingerprint density at radius 2 is 2.25 bits per heavy atom. The lowest BCUT2D eigenvalue weighted by atomic mass is 10.3. The number of hydrogen-bond acceptors (Lipinski definition) is 5. The van der Waals surface area contributed by atoms with E-state index in [9.17, 15) is 4.79 Å². The van der Waals surface area contributed by atoms with Gasteiger partial charge in [-0.1, -0.05) is 0 Å². The van der Waals surface area contributed by atoms with E-state index in [0.717, 1.165) is 23.5 Å². The third-order valence-electron chi connectivity index (χ3n) is 3.75. The van der Waals surface area contributed by atoms with E-state index in [1.165, 1.54) is 12.2 Å². The summed E-state index contributed by atoms with van der Waals surface area (Å²) in [7, 11) is 3.10. The van der Waals surface area contributed by atoms with Crippen LogP contribution in [0.15, 0.2) is 6.20 Å². The lowest BCUT2D eigenvalue weighted by Crippen LogP contribution is -2.27. The second-order valence-corrected chi connectivity index (χ2v) is 5.16. The van der Waals surface area contributed by atoms with Gasteiger partial charge in [0.1, 0.15) is 0 Å². The van der Waals surface area contributed by atoms with Gasteiger partial charge in [0.2, 0.25) is 5.91 Å². The molecule has 7 heteroatoms. The smallest absolute Gasteiger partial charge is 0.249 e. The lowest BCUT2D eigenvalue weighted by Gasteiger charge is -2.12. The maximum absolute atomic E-state index is 12.0. The van der Waals surface area contributed by atoms with Crippen LogP contribution in [0, 0.1) is 19.8 Å². The average molecular weight is 275 g/mol. The molecule has 0 bridgehead atoms. The van der Waals surface area contributed by atoms with E-state index >= 15 is 0 Å². The highest BCUT2D eigenvalue weighted by Gasteiger charge is 2.48. The number of aryl methyl sites for hydroxylation is 2. The number of nitrogens with zero attached hydrogens (tertiary/aromatic N) is 5. The van der Waals surface area contributed by atoms with Gasteiger partial charge >= 0.3 is 0 Å². The number of carbonyl (C=O) groups excluding carboxylic acids is 1. The highest BCUT2D eigenvalue weighted by molar-refractivity contribution is 5.81. The Morgan fingerprint density at radius 1 is 1.50 bits per heavy atom. The second-order valence-electron chi connectivity index (χ2n) is 5.16. The van der Waals surface area contributed by atoms with Crippen molar-refractivity contribution in [3.8, 4) is 0 Å². The van der Waals surface area contributed by atoms with Crippen molar-refractivity contribution in [1.29, 1.82) is 0 Å². The van der Waals surface area contributed by atoms with Crippen LogP contribution < -0.4 is 0 Å². The summed E-state index contributed by atoms with van der Waals surface area (Å²) in [6.07, 6.45) is 2.55. The largest absolute Gasteiger partial charge is 0.275 e. The van der Waals surface area contributed by atoms with Gasteiger partial charge in [-0.05, 0) is 20.3 Å². The molecule has 2 unspecified atom stereocenters. The molecule has 1 amide bonds. The summed E-state index contributed by atoms with van der Waals surface area (Å²) < 4.78 is 1.79. The van der Waals surface area contributed by atoms with Crippen LogP contribution in [0.5, 0.6) is 0 Å². The highest BCUT2D eigenvalue weighted by Crippen LogP contribution is 2.47. The van der Waals surface area contributed by atoms with Crippen molar-refractivity contribution in [3.63, 3.8) is 0 Å². The van der Waals surface area contributed by atoms with E-state index in [-0.39, 0.29) is 17.7 Å². The van der Waals surface area contributed by atoms with Gasteiger partial charge in [-0.2, -0.15) is 5.10 Å². The van der Waals surface area contributed by atoms with E-state index in [2.05, 4.69) is 15.1 Å². The highest BCUT2D eigenvalue weighted by atomic mass is 16.7. The monoisotopic (exact) mass is 275 g/mol. The quantitative estimate of drug-likeness (QED) is 0.777. The zero-order valence-corrected chi connectivity index (χ0v) is 12.0. The Labute approximate surface area is 116 Å². The Hall–Kier alpha value is -2.02. The van der Waals surface area contributed by atoms with Crippen LogP contribution in [-0.4, -0.2) is 44.7 Å². The molecule has 1 saturated carbocycles. The predicted octanol–water partition coefficient (Wildman–Crippen LogP) is 0.864. The zero-order chi connectivity index (χ0) is 14.4. The number of fused-ring (bicyclic) bond motifs is 1. The molecule has 0 aromatic carbocycles. The van der Waals surface area contributed by atoms with Crippen molar-refractivity contribution in [3.05, 3.63) is 23.4 Å². The molecule has 0 aliphatic heterocycles. The molecule has 0 saturated heterocycles. The molecule has 2 aromatic heterocycles. The number of rotatable bonds is 3. The summed E-state index contributed by atoms with van der Waals surface area (Å²) in [5.74, 6) is 0.694. The summed E-state index contributed by atoms with van der Waals surface area (Å²) in [5.41, 5.74) is 2.53. The van der Waals surface area contributed by atoms with Crippen molar-refractivity contribution in [2.45, 2.75) is 26.2 Å². The van der Waals surface area contributed by atoms with Crippen LogP contribution in [0.25, 0.3) is 5.65 Å². The molecule has 1 fully saturated rings. The first-order valence-electron chi connectivity index (χ1n) is 6.53. The SMILES string of the molecule is CON(C)C(=O)C1CC1c1nc2c(C)ncc(C)n2n1. The number of hydroxylamine groups is 2.